The molecule has 0 aliphatic carbocycles. The number of esters is 1. The molecule has 4 N–H and O–H groups in total. The lowest BCUT2D eigenvalue weighted by molar-refractivity contribution is 0.0730. The number of methoxy groups -OCH3 is 1. The number of halogens is 1. The molecule has 7 nitrogen and oxygen atoms in total. The number of carbonyl (C=O) groups excluding carboxylic acids is 1. The Bertz CT molecular complexity index is 787. The maximum atomic E-state index is 12.2. The molecule has 0 radical (unpaired) electrons. The molecule has 0 amide bonds. The normalized spacial score (nSPS) is 10.4. The molecule has 2 rings (SSSR count). The maximum Gasteiger partial charge on any atom is 0.343 e. The SMILES string of the molecule is COc1cc(C=NN=C(N)N)cc(Cl)c1OC(=O)c1ccccc1. The minimum atomic E-state index is -0.544. The van der Waals surface area contributed by atoms with E-state index < -0.39 is 5.97 Å². The van der Waals surface area contributed by atoms with Crippen molar-refractivity contribution in [2.75, 3.05) is 7.11 Å². The first kappa shape index (κ1) is 17.3. The van der Waals surface area contributed by atoms with Crippen molar-refractivity contribution in [3.05, 3.63) is 58.6 Å². The molecule has 8 heteroatoms. The number of ether oxygens (including phenoxy) is 2. The van der Waals surface area contributed by atoms with Gasteiger partial charge in [0.25, 0.3) is 0 Å². The highest BCUT2D eigenvalue weighted by Gasteiger charge is 2.16. The van der Waals surface area contributed by atoms with E-state index in [1.807, 2.05) is 0 Å². The van der Waals surface area contributed by atoms with Gasteiger partial charge >= 0.3 is 5.97 Å². The van der Waals surface area contributed by atoms with E-state index >= 15 is 0 Å². The number of carbonyl (C=O) groups is 1. The van der Waals surface area contributed by atoms with Gasteiger partial charge in [-0.05, 0) is 24.3 Å². The molecular weight excluding hydrogens is 332 g/mol. The molecule has 0 aliphatic heterocycles. The van der Waals surface area contributed by atoms with Crippen molar-refractivity contribution < 1.29 is 14.3 Å². The summed E-state index contributed by atoms with van der Waals surface area (Å²) in [5.41, 5.74) is 11.3. The Kier molecular flexibility index (Phi) is 5.75. The average molecular weight is 347 g/mol. The monoisotopic (exact) mass is 346 g/mol. The van der Waals surface area contributed by atoms with Crippen molar-refractivity contribution >= 4 is 29.7 Å². The number of nitrogens with zero attached hydrogens (tertiary/aromatic N) is 2. The minimum absolute atomic E-state index is 0.118. The van der Waals surface area contributed by atoms with Gasteiger partial charge in [0.1, 0.15) is 0 Å². The lowest BCUT2D eigenvalue weighted by atomic mass is 10.2. The summed E-state index contributed by atoms with van der Waals surface area (Å²) in [6, 6.07) is 11.7. The predicted molar refractivity (Wildman–Crippen MR) is 92.8 cm³/mol. The quantitative estimate of drug-likeness (QED) is 0.283. The van der Waals surface area contributed by atoms with Gasteiger partial charge in [-0.2, -0.15) is 5.10 Å². The molecule has 0 aromatic heterocycles. The van der Waals surface area contributed by atoms with Crippen LogP contribution < -0.4 is 20.9 Å². The van der Waals surface area contributed by atoms with Gasteiger partial charge in [-0.15, -0.1) is 5.10 Å². The molecule has 124 valence electrons. The van der Waals surface area contributed by atoms with Gasteiger partial charge in [-0.1, -0.05) is 29.8 Å². The Balaban J connectivity index is 2.29. The lowest BCUT2D eigenvalue weighted by Crippen LogP contribution is -2.21. The van der Waals surface area contributed by atoms with Crippen LogP contribution >= 0.6 is 11.6 Å². The summed E-state index contributed by atoms with van der Waals surface area (Å²) in [4.78, 5) is 12.2. The molecule has 0 spiro atoms. The van der Waals surface area contributed by atoms with Crippen LogP contribution in [0.2, 0.25) is 5.02 Å². The van der Waals surface area contributed by atoms with Crippen molar-refractivity contribution in [2.45, 2.75) is 0 Å². The van der Waals surface area contributed by atoms with Crippen molar-refractivity contribution in [1.29, 1.82) is 0 Å². The van der Waals surface area contributed by atoms with Gasteiger partial charge in [0.05, 0.1) is 23.9 Å². The first-order valence-electron chi connectivity index (χ1n) is 6.78. The third-order valence-corrected chi connectivity index (χ3v) is 3.12. The van der Waals surface area contributed by atoms with Gasteiger partial charge < -0.3 is 20.9 Å². The first-order chi connectivity index (χ1) is 11.5. The molecule has 24 heavy (non-hydrogen) atoms. The molecule has 0 bridgehead atoms. The summed E-state index contributed by atoms with van der Waals surface area (Å²) in [5.74, 6) is -0.319. The van der Waals surface area contributed by atoms with Gasteiger partial charge in [0.15, 0.2) is 11.5 Å². The van der Waals surface area contributed by atoms with Crippen LogP contribution in [0, 0.1) is 0 Å². The molecule has 0 fully saturated rings. The lowest BCUT2D eigenvalue weighted by Gasteiger charge is -2.11. The molecule has 0 aliphatic rings. The summed E-state index contributed by atoms with van der Waals surface area (Å²) in [7, 11) is 1.43. The highest BCUT2D eigenvalue weighted by molar-refractivity contribution is 6.32. The molecule has 0 saturated carbocycles. The Hall–Kier alpha value is -3.06. The van der Waals surface area contributed by atoms with Crippen LogP contribution in [0.25, 0.3) is 0 Å². The van der Waals surface area contributed by atoms with Crippen LogP contribution in [0.4, 0.5) is 0 Å². The average Bonchev–Trinajstić information content (AvgIpc) is 2.57. The Morgan fingerprint density at radius 2 is 1.92 bits per heavy atom. The Morgan fingerprint density at radius 1 is 1.21 bits per heavy atom. The highest BCUT2D eigenvalue weighted by atomic mass is 35.5. The van der Waals surface area contributed by atoms with Crippen LogP contribution in [0.15, 0.2) is 52.7 Å². The van der Waals surface area contributed by atoms with Crippen LogP contribution in [0.1, 0.15) is 15.9 Å². The smallest absolute Gasteiger partial charge is 0.343 e. The molecular formula is C16H15ClN4O3. The van der Waals surface area contributed by atoms with Crippen LogP contribution in [-0.4, -0.2) is 25.3 Å². The zero-order chi connectivity index (χ0) is 17.5. The van der Waals surface area contributed by atoms with E-state index in [1.165, 1.54) is 13.3 Å². The van der Waals surface area contributed by atoms with Crippen molar-refractivity contribution in [2.24, 2.45) is 21.7 Å². The van der Waals surface area contributed by atoms with E-state index in [2.05, 4.69) is 10.2 Å². The van der Waals surface area contributed by atoms with Gasteiger partial charge in [-0.25, -0.2) is 4.79 Å². The van der Waals surface area contributed by atoms with E-state index in [0.29, 0.717) is 11.1 Å². The third-order valence-electron chi connectivity index (χ3n) is 2.84. The minimum Gasteiger partial charge on any atom is -0.493 e. The topological polar surface area (TPSA) is 112 Å². The fourth-order valence-electron chi connectivity index (χ4n) is 1.80. The molecule has 2 aromatic rings. The molecule has 0 unspecified atom stereocenters. The van der Waals surface area contributed by atoms with E-state index in [0.717, 1.165) is 0 Å². The third kappa shape index (κ3) is 4.47. The largest absolute Gasteiger partial charge is 0.493 e. The van der Waals surface area contributed by atoms with Crippen molar-refractivity contribution in [3.63, 3.8) is 0 Å². The van der Waals surface area contributed by atoms with Crippen LogP contribution in [0.5, 0.6) is 11.5 Å². The number of hydrogen-bond donors (Lipinski definition) is 2. The number of benzene rings is 2. The van der Waals surface area contributed by atoms with Crippen LogP contribution in [-0.2, 0) is 0 Å². The zero-order valence-electron chi connectivity index (χ0n) is 12.8. The standard InChI is InChI=1S/C16H15ClN4O3/c1-23-13-8-10(9-20-21-16(18)19)7-12(17)14(13)24-15(22)11-5-3-2-4-6-11/h2-9H,1H3,(H4,18,19,21). The molecule has 0 saturated heterocycles. The molecule has 0 heterocycles. The van der Waals surface area contributed by atoms with Crippen molar-refractivity contribution in [3.8, 4) is 11.5 Å². The van der Waals surface area contributed by atoms with Gasteiger partial charge in [0.2, 0.25) is 5.96 Å². The number of guanidine groups is 1. The van der Waals surface area contributed by atoms with Gasteiger partial charge in [-0.3, -0.25) is 0 Å². The number of hydrogen-bond acceptors (Lipinski definition) is 5. The second kappa shape index (κ2) is 7.98. The van der Waals surface area contributed by atoms with Crippen LogP contribution in [0.3, 0.4) is 0 Å². The zero-order valence-corrected chi connectivity index (χ0v) is 13.5. The summed E-state index contributed by atoms with van der Waals surface area (Å²) >= 11 is 6.18. The van der Waals surface area contributed by atoms with E-state index in [-0.39, 0.29) is 22.5 Å². The number of rotatable bonds is 5. The van der Waals surface area contributed by atoms with Gasteiger partial charge in [0, 0.05) is 5.56 Å². The predicted octanol–water partition coefficient (Wildman–Crippen LogP) is 2.18. The molecule has 2 aromatic carbocycles. The summed E-state index contributed by atoms with van der Waals surface area (Å²) in [6.07, 6.45) is 1.39. The summed E-state index contributed by atoms with van der Waals surface area (Å²) in [6.45, 7) is 0. The Labute approximate surface area is 143 Å². The Morgan fingerprint density at radius 3 is 2.54 bits per heavy atom. The summed E-state index contributed by atoms with van der Waals surface area (Å²) < 4.78 is 10.6. The maximum absolute atomic E-state index is 12.2. The van der Waals surface area contributed by atoms with Crippen molar-refractivity contribution in [1.82, 2.24) is 0 Å². The first-order valence-corrected chi connectivity index (χ1v) is 7.15. The second-order valence-electron chi connectivity index (χ2n) is 4.56. The second-order valence-corrected chi connectivity index (χ2v) is 4.97. The highest BCUT2D eigenvalue weighted by Crippen LogP contribution is 2.36. The molecule has 0 atom stereocenters. The number of nitrogens with two attached hydrogens (primary N) is 2. The fraction of sp³-hybridized carbons (Fsp3) is 0.0625. The summed E-state index contributed by atoms with van der Waals surface area (Å²) in [5, 5.41) is 7.36. The van der Waals surface area contributed by atoms with E-state index in [1.54, 1.807) is 42.5 Å². The van der Waals surface area contributed by atoms with E-state index in [9.17, 15) is 4.79 Å². The fourth-order valence-corrected chi connectivity index (χ4v) is 2.06. The van der Waals surface area contributed by atoms with E-state index in [4.69, 9.17) is 32.5 Å².